The first-order chi connectivity index (χ1) is 12.3. The highest BCUT2D eigenvalue weighted by Gasteiger charge is 2.16. The van der Waals surface area contributed by atoms with Gasteiger partial charge in [0.1, 0.15) is 12.4 Å². The van der Waals surface area contributed by atoms with Crippen LogP contribution < -0.4 is 10.1 Å². The van der Waals surface area contributed by atoms with E-state index in [0.717, 1.165) is 36.2 Å². The van der Waals surface area contributed by atoms with Gasteiger partial charge >= 0.3 is 0 Å². The van der Waals surface area contributed by atoms with E-state index in [1.165, 1.54) is 0 Å². The largest absolute Gasteiger partial charge is 0.491 e. The number of rotatable bonds is 5. The number of hydrogen-bond donors (Lipinski definition) is 2. The molecule has 1 aliphatic rings. The van der Waals surface area contributed by atoms with Crippen molar-refractivity contribution in [3.63, 3.8) is 0 Å². The number of nitrogens with one attached hydrogen (secondary N) is 2. The number of carbonyl (C=O) groups is 1. The number of carbonyl (C=O) groups excluding carboxylic acids is 1. The number of ether oxygens (including phenoxy) is 2. The molecule has 6 nitrogen and oxygen atoms in total. The molecule has 0 radical (unpaired) electrons. The summed E-state index contributed by atoms with van der Waals surface area (Å²) in [4.78, 5) is 19.6. The molecular formula is C19H19N3O3. The van der Waals surface area contributed by atoms with E-state index in [-0.39, 0.29) is 12.0 Å². The van der Waals surface area contributed by atoms with Crippen LogP contribution in [0.5, 0.6) is 5.75 Å². The fourth-order valence-corrected chi connectivity index (χ4v) is 2.91. The summed E-state index contributed by atoms with van der Waals surface area (Å²) in [6, 6.07) is 12.8. The number of hydrogen-bond acceptors (Lipinski definition) is 4. The van der Waals surface area contributed by atoms with Gasteiger partial charge in [0, 0.05) is 23.9 Å². The Bertz CT molecular complexity index is 884. The Labute approximate surface area is 145 Å². The first-order valence-corrected chi connectivity index (χ1v) is 8.37. The number of aromatic amines is 1. The molecule has 2 N–H and O–H groups in total. The minimum absolute atomic E-state index is 0.166. The van der Waals surface area contributed by atoms with Crippen LogP contribution in [0.15, 0.2) is 48.8 Å². The summed E-state index contributed by atoms with van der Waals surface area (Å²) in [5, 5.41) is 2.90. The number of amides is 1. The van der Waals surface area contributed by atoms with E-state index in [2.05, 4.69) is 15.3 Å². The van der Waals surface area contributed by atoms with Crippen molar-refractivity contribution in [2.24, 2.45) is 0 Å². The molecule has 1 unspecified atom stereocenters. The maximum atomic E-state index is 12.5. The number of aromatic nitrogens is 2. The van der Waals surface area contributed by atoms with E-state index < -0.39 is 0 Å². The summed E-state index contributed by atoms with van der Waals surface area (Å²) in [5.74, 6) is 0.546. The zero-order valence-electron chi connectivity index (χ0n) is 13.7. The van der Waals surface area contributed by atoms with Gasteiger partial charge in [-0.3, -0.25) is 4.79 Å². The van der Waals surface area contributed by atoms with Crippen molar-refractivity contribution in [2.45, 2.75) is 18.9 Å². The van der Waals surface area contributed by atoms with Crippen LogP contribution in [0.3, 0.4) is 0 Å². The molecule has 1 fully saturated rings. The molecule has 1 amide bonds. The minimum Gasteiger partial charge on any atom is -0.491 e. The quantitative estimate of drug-likeness (QED) is 0.748. The molecule has 2 heterocycles. The first kappa shape index (κ1) is 15.7. The topological polar surface area (TPSA) is 76.2 Å². The second kappa shape index (κ2) is 6.94. The second-order valence-corrected chi connectivity index (χ2v) is 6.06. The van der Waals surface area contributed by atoms with E-state index in [4.69, 9.17) is 9.47 Å². The summed E-state index contributed by atoms with van der Waals surface area (Å²) in [6.45, 7) is 1.35. The Morgan fingerprint density at radius 2 is 2.28 bits per heavy atom. The zero-order chi connectivity index (χ0) is 17.1. The van der Waals surface area contributed by atoms with Crippen LogP contribution >= 0.6 is 0 Å². The highest BCUT2D eigenvalue weighted by Crippen LogP contribution is 2.21. The minimum atomic E-state index is -0.173. The van der Waals surface area contributed by atoms with Gasteiger partial charge in [0.15, 0.2) is 0 Å². The fraction of sp³-hybridized carbons (Fsp3) is 0.263. The molecule has 128 valence electrons. The van der Waals surface area contributed by atoms with Gasteiger partial charge in [0.2, 0.25) is 0 Å². The SMILES string of the molecule is O=C(Nc1cccc(OCC2CCCO2)c1)c1ccc2nc[nH]c2c1. The smallest absolute Gasteiger partial charge is 0.255 e. The Kier molecular flexibility index (Phi) is 4.35. The maximum absolute atomic E-state index is 12.5. The van der Waals surface area contributed by atoms with Gasteiger partial charge in [-0.15, -0.1) is 0 Å². The molecule has 1 aromatic heterocycles. The molecule has 2 aromatic carbocycles. The van der Waals surface area contributed by atoms with Crippen molar-refractivity contribution in [3.8, 4) is 5.75 Å². The maximum Gasteiger partial charge on any atom is 0.255 e. The predicted octanol–water partition coefficient (Wildman–Crippen LogP) is 3.37. The molecule has 0 bridgehead atoms. The van der Waals surface area contributed by atoms with Gasteiger partial charge < -0.3 is 19.8 Å². The highest BCUT2D eigenvalue weighted by atomic mass is 16.5. The van der Waals surface area contributed by atoms with Crippen molar-refractivity contribution < 1.29 is 14.3 Å². The number of benzene rings is 2. The van der Waals surface area contributed by atoms with Gasteiger partial charge in [-0.05, 0) is 43.2 Å². The standard InChI is InChI=1S/C19H19N3O3/c23-19(13-6-7-17-18(9-13)21-12-20-17)22-14-3-1-4-15(10-14)25-11-16-5-2-8-24-16/h1,3-4,6-7,9-10,12,16H,2,5,8,11H2,(H,20,21)(H,22,23). The monoisotopic (exact) mass is 337 g/mol. The number of anilines is 1. The predicted molar refractivity (Wildman–Crippen MR) is 95.0 cm³/mol. The van der Waals surface area contributed by atoms with Crippen molar-refractivity contribution >= 4 is 22.6 Å². The Hall–Kier alpha value is -2.86. The summed E-state index contributed by atoms with van der Waals surface area (Å²) in [6.07, 6.45) is 3.90. The number of fused-ring (bicyclic) bond motifs is 1. The van der Waals surface area contributed by atoms with Crippen LogP contribution in [-0.4, -0.2) is 35.2 Å². The molecule has 0 aliphatic carbocycles. The average Bonchev–Trinajstić information content (AvgIpc) is 3.31. The van der Waals surface area contributed by atoms with Crippen LogP contribution in [0.25, 0.3) is 11.0 Å². The second-order valence-electron chi connectivity index (χ2n) is 6.06. The van der Waals surface area contributed by atoms with E-state index in [9.17, 15) is 4.79 Å². The third-order valence-electron chi connectivity index (χ3n) is 4.23. The van der Waals surface area contributed by atoms with E-state index in [1.54, 1.807) is 18.5 Å². The normalized spacial score (nSPS) is 16.9. The van der Waals surface area contributed by atoms with Crippen molar-refractivity contribution in [2.75, 3.05) is 18.5 Å². The third-order valence-corrected chi connectivity index (χ3v) is 4.23. The molecule has 0 spiro atoms. The van der Waals surface area contributed by atoms with Crippen LogP contribution in [-0.2, 0) is 4.74 Å². The summed E-state index contributed by atoms with van der Waals surface area (Å²) in [5.41, 5.74) is 2.93. The number of nitrogens with zero attached hydrogens (tertiary/aromatic N) is 1. The van der Waals surface area contributed by atoms with Crippen molar-refractivity contribution in [3.05, 3.63) is 54.4 Å². The lowest BCUT2D eigenvalue weighted by molar-refractivity contribution is 0.0680. The Morgan fingerprint density at radius 1 is 1.32 bits per heavy atom. The van der Waals surface area contributed by atoms with E-state index in [0.29, 0.717) is 17.9 Å². The summed E-state index contributed by atoms with van der Waals surface area (Å²) >= 11 is 0. The van der Waals surface area contributed by atoms with Crippen LogP contribution in [0.1, 0.15) is 23.2 Å². The van der Waals surface area contributed by atoms with Crippen LogP contribution in [0.4, 0.5) is 5.69 Å². The van der Waals surface area contributed by atoms with Gasteiger partial charge in [0.05, 0.1) is 23.5 Å². The lowest BCUT2D eigenvalue weighted by Crippen LogP contribution is -2.16. The number of H-pyrrole nitrogens is 1. The van der Waals surface area contributed by atoms with Gasteiger partial charge in [0.25, 0.3) is 5.91 Å². The van der Waals surface area contributed by atoms with Crippen molar-refractivity contribution in [1.82, 2.24) is 9.97 Å². The molecule has 4 rings (SSSR count). The van der Waals surface area contributed by atoms with Gasteiger partial charge in [-0.25, -0.2) is 4.98 Å². The molecule has 1 saturated heterocycles. The molecule has 0 saturated carbocycles. The van der Waals surface area contributed by atoms with E-state index in [1.807, 2.05) is 30.3 Å². The number of imidazole rings is 1. The van der Waals surface area contributed by atoms with Crippen LogP contribution in [0, 0.1) is 0 Å². The first-order valence-electron chi connectivity index (χ1n) is 8.37. The highest BCUT2D eigenvalue weighted by molar-refractivity contribution is 6.05. The molecular weight excluding hydrogens is 318 g/mol. The van der Waals surface area contributed by atoms with Crippen LogP contribution in [0.2, 0.25) is 0 Å². The Morgan fingerprint density at radius 3 is 3.16 bits per heavy atom. The molecule has 6 heteroatoms. The lowest BCUT2D eigenvalue weighted by Gasteiger charge is -2.12. The molecule has 3 aromatic rings. The molecule has 1 aliphatic heterocycles. The summed E-state index contributed by atoms with van der Waals surface area (Å²) < 4.78 is 11.3. The molecule has 1 atom stereocenters. The van der Waals surface area contributed by atoms with Gasteiger partial charge in [-0.2, -0.15) is 0 Å². The Balaban J connectivity index is 1.42. The average molecular weight is 337 g/mol. The molecule has 25 heavy (non-hydrogen) atoms. The van der Waals surface area contributed by atoms with Gasteiger partial charge in [-0.1, -0.05) is 6.07 Å². The fourth-order valence-electron chi connectivity index (χ4n) is 2.91. The summed E-state index contributed by atoms with van der Waals surface area (Å²) in [7, 11) is 0. The third kappa shape index (κ3) is 3.64. The zero-order valence-corrected chi connectivity index (χ0v) is 13.7. The van der Waals surface area contributed by atoms with Crippen molar-refractivity contribution in [1.29, 1.82) is 0 Å². The van der Waals surface area contributed by atoms with E-state index >= 15 is 0 Å². The lowest BCUT2D eigenvalue weighted by atomic mass is 10.2.